The van der Waals surface area contributed by atoms with Gasteiger partial charge in [-0.25, -0.2) is 0 Å². The fourth-order valence-electron chi connectivity index (χ4n) is 1.53. The zero-order valence-corrected chi connectivity index (χ0v) is 13.6. The molecule has 1 aromatic carbocycles. The van der Waals surface area contributed by atoms with Gasteiger partial charge in [0, 0.05) is 10.3 Å². The molecule has 1 rings (SSSR count). The van der Waals surface area contributed by atoms with Crippen LogP contribution in [0.3, 0.4) is 0 Å². The average molecular weight is 280 g/mol. The molecule has 0 N–H and O–H groups in total. The Morgan fingerprint density at radius 1 is 1.00 bits per heavy atom. The molecule has 0 aliphatic rings. The molecule has 2 nitrogen and oxygen atoms in total. The normalized spacial score (nSPS) is 14.2. The Morgan fingerprint density at radius 2 is 1.47 bits per heavy atom. The molecule has 0 aliphatic carbocycles. The minimum absolute atomic E-state index is 0.0331. The van der Waals surface area contributed by atoms with Crippen molar-refractivity contribution in [3.8, 4) is 0 Å². The van der Waals surface area contributed by atoms with Gasteiger partial charge in [-0.2, -0.15) is 0 Å². The average Bonchev–Trinajstić information content (AvgIpc) is 2.26. The van der Waals surface area contributed by atoms with E-state index in [0.717, 1.165) is 4.90 Å². The fourth-order valence-corrected chi connectivity index (χ4v) is 2.80. The van der Waals surface area contributed by atoms with E-state index in [1.54, 1.807) is 0 Å². The van der Waals surface area contributed by atoms with Gasteiger partial charge >= 0.3 is 0 Å². The molecule has 106 valence electrons. The number of hydrogen-bond donors (Lipinski definition) is 0. The van der Waals surface area contributed by atoms with Gasteiger partial charge in [-0.1, -0.05) is 53.7 Å². The van der Waals surface area contributed by atoms with Crippen molar-refractivity contribution >= 4 is 16.6 Å². The second kappa shape index (κ2) is 5.58. The van der Waals surface area contributed by atoms with Gasteiger partial charge in [0.1, 0.15) is 0 Å². The summed E-state index contributed by atoms with van der Waals surface area (Å²) in [6, 6.07) is 7.73. The Bertz CT molecular complexity index is 473. The van der Waals surface area contributed by atoms with Crippen LogP contribution in [-0.4, -0.2) is 15.7 Å². The summed E-state index contributed by atoms with van der Waals surface area (Å²) >= 11 is 0. The van der Waals surface area contributed by atoms with Crippen LogP contribution in [-0.2, 0) is 21.0 Å². The summed E-state index contributed by atoms with van der Waals surface area (Å²) in [6.45, 7) is 12.0. The molecule has 19 heavy (non-hydrogen) atoms. The molecule has 0 heterocycles. The Labute approximate surface area is 119 Å². The van der Waals surface area contributed by atoms with Crippen LogP contribution >= 0.6 is 0 Å². The van der Waals surface area contributed by atoms with Gasteiger partial charge in [-0.15, -0.1) is 0 Å². The van der Waals surface area contributed by atoms with Crippen LogP contribution < -0.4 is 0 Å². The van der Waals surface area contributed by atoms with Gasteiger partial charge in [0.2, 0.25) is 0 Å². The molecule has 0 saturated heterocycles. The smallest absolute Gasteiger partial charge is 0.151 e. The highest BCUT2D eigenvalue weighted by atomic mass is 32.2. The van der Waals surface area contributed by atoms with E-state index in [4.69, 9.17) is 0 Å². The van der Waals surface area contributed by atoms with Crippen LogP contribution in [0.5, 0.6) is 0 Å². The molecule has 0 bridgehead atoms. The van der Waals surface area contributed by atoms with Crippen molar-refractivity contribution < 1.29 is 9.00 Å². The number of Topliss-reactive ketones (excluding diaryl/α,β-unsaturated/α-hetero) is 1. The highest BCUT2D eigenvalue weighted by molar-refractivity contribution is 7.85. The number of hydrogen-bond acceptors (Lipinski definition) is 2. The predicted octanol–water partition coefficient (Wildman–Crippen LogP) is 3.71. The molecule has 1 atom stereocenters. The highest BCUT2D eigenvalue weighted by Gasteiger charge is 2.23. The summed E-state index contributed by atoms with van der Waals surface area (Å²) in [5.41, 5.74) is 0.859. The number of rotatable bonds is 3. The SMILES string of the molecule is CC(C)(C)C(=O)CS(=O)c1ccc(C(C)(C)C)cc1. The van der Waals surface area contributed by atoms with Crippen molar-refractivity contribution in [2.75, 3.05) is 5.75 Å². The standard InChI is InChI=1S/C16H24O2S/c1-15(2,3)12-7-9-13(10-8-12)19(18)11-14(17)16(4,5)6/h7-10H,11H2,1-6H3. The summed E-state index contributed by atoms with van der Waals surface area (Å²) in [6.07, 6.45) is 0. The maximum Gasteiger partial charge on any atom is 0.151 e. The van der Waals surface area contributed by atoms with E-state index in [1.807, 2.05) is 45.0 Å². The Hall–Kier alpha value is -0.960. The van der Waals surface area contributed by atoms with E-state index < -0.39 is 16.2 Å². The van der Waals surface area contributed by atoms with Gasteiger partial charge < -0.3 is 0 Å². The van der Waals surface area contributed by atoms with Gasteiger partial charge in [0.05, 0.1) is 16.6 Å². The quantitative estimate of drug-likeness (QED) is 0.846. The molecular weight excluding hydrogens is 256 g/mol. The first-order valence-corrected chi connectivity index (χ1v) is 7.86. The second-order valence-electron chi connectivity index (χ2n) is 6.94. The minimum atomic E-state index is -1.24. The van der Waals surface area contributed by atoms with Gasteiger partial charge in [-0.05, 0) is 23.1 Å². The Balaban J connectivity index is 2.83. The fraction of sp³-hybridized carbons (Fsp3) is 0.562. The Kier molecular flexibility index (Phi) is 4.72. The van der Waals surface area contributed by atoms with Gasteiger partial charge in [0.25, 0.3) is 0 Å². The van der Waals surface area contributed by atoms with Crippen molar-refractivity contribution in [2.24, 2.45) is 5.41 Å². The van der Waals surface area contributed by atoms with Crippen LogP contribution in [0.4, 0.5) is 0 Å². The lowest BCUT2D eigenvalue weighted by atomic mass is 9.87. The molecular formula is C16H24O2S. The summed E-state index contributed by atoms with van der Waals surface area (Å²) in [5.74, 6) is 0.129. The van der Waals surface area contributed by atoms with Crippen molar-refractivity contribution in [1.29, 1.82) is 0 Å². The molecule has 0 spiro atoms. The Morgan fingerprint density at radius 3 is 1.84 bits per heavy atom. The molecule has 1 unspecified atom stereocenters. The summed E-state index contributed by atoms with van der Waals surface area (Å²) in [5, 5.41) is 0. The van der Waals surface area contributed by atoms with Crippen molar-refractivity contribution in [3.63, 3.8) is 0 Å². The zero-order valence-electron chi connectivity index (χ0n) is 12.7. The van der Waals surface area contributed by atoms with Crippen molar-refractivity contribution in [2.45, 2.75) is 51.9 Å². The summed E-state index contributed by atoms with van der Waals surface area (Å²) in [4.78, 5) is 12.6. The van der Waals surface area contributed by atoms with E-state index in [9.17, 15) is 9.00 Å². The van der Waals surface area contributed by atoms with Crippen LogP contribution in [0.15, 0.2) is 29.2 Å². The van der Waals surface area contributed by atoms with Crippen LogP contribution in [0.1, 0.15) is 47.1 Å². The van der Waals surface area contributed by atoms with E-state index in [1.165, 1.54) is 5.56 Å². The second-order valence-corrected chi connectivity index (χ2v) is 8.39. The third-order valence-corrected chi connectivity index (χ3v) is 4.40. The van der Waals surface area contributed by atoms with E-state index >= 15 is 0 Å². The summed E-state index contributed by atoms with van der Waals surface area (Å²) < 4.78 is 12.2. The minimum Gasteiger partial charge on any atom is -0.298 e. The molecule has 0 aliphatic heterocycles. The summed E-state index contributed by atoms with van der Waals surface area (Å²) in [7, 11) is -1.24. The number of carbonyl (C=O) groups excluding carboxylic acids is 1. The molecule has 0 amide bonds. The van der Waals surface area contributed by atoms with Crippen molar-refractivity contribution in [1.82, 2.24) is 0 Å². The third kappa shape index (κ3) is 4.57. The lowest BCUT2D eigenvalue weighted by Gasteiger charge is -2.19. The van der Waals surface area contributed by atoms with Gasteiger partial charge in [-0.3, -0.25) is 9.00 Å². The maximum atomic E-state index is 12.2. The maximum absolute atomic E-state index is 12.2. The monoisotopic (exact) mass is 280 g/mol. The number of carbonyl (C=O) groups is 1. The number of benzene rings is 1. The first-order valence-electron chi connectivity index (χ1n) is 6.54. The molecule has 0 aromatic heterocycles. The van der Waals surface area contributed by atoms with Gasteiger partial charge in [0.15, 0.2) is 5.78 Å². The van der Waals surface area contributed by atoms with E-state index in [0.29, 0.717) is 0 Å². The van der Waals surface area contributed by atoms with Crippen molar-refractivity contribution in [3.05, 3.63) is 29.8 Å². The molecule has 0 saturated carbocycles. The van der Waals surface area contributed by atoms with Crippen LogP contribution in [0, 0.1) is 5.41 Å². The molecule has 3 heteroatoms. The van der Waals surface area contributed by atoms with E-state index in [2.05, 4.69) is 20.8 Å². The predicted molar refractivity (Wildman–Crippen MR) is 80.9 cm³/mol. The first kappa shape index (κ1) is 16.1. The molecule has 1 aromatic rings. The lowest BCUT2D eigenvalue weighted by molar-refractivity contribution is -0.123. The van der Waals surface area contributed by atoms with Crippen LogP contribution in [0.2, 0.25) is 0 Å². The van der Waals surface area contributed by atoms with E-state index in [-0.39, 0.29) is 17.0 Å². The lowest BCUT2D eigenvalue weighted by Crippen LogP contribution is -2.25. The topological polar surface area (TPSA) is 34.1 Å². The molecule has 0 fully saturated rings. The largest absolute Gasteiger partial charge is 0.298 e. The zero-order chi connectivity index (χ0) is 14.8. The first-order chi connectivity index (χ1) is 8.51. The number of ketones is 1. The third-order valence-electron chi connectivity index (χ3n) is 3.08. The van der Waals surface area contributed by atoms with Crippen LogP contribution in [0.25, 0.3) is 0 Å². The highest BCUT2D eigenvalue weighted by Crippen LogP contribution is 2.23. The molecule has 0 radical (unpaired) electrons.